The summed E-state index contributed by atoms with van der Waals surface area (Å²) in [6, 6.07) is 6.23. The van der Waals surface area contributed by atoms with E-state index in [2.05, 4.69) is 35.6 Å². The minimum Gasteiger partial charge on any atom is -0.462 e. The van der Waals surface area contributed by atoms with Gasteiger partial charge in [0.15, 0.2) is 5.43 Å². The topological polar surface area (TPSA) is 51.5 Å². The van der Waals surface area contributed by atoms with Gasteiger partial charge in [-0.15, -0.1) is 0 Å². The highest BCUT2D eigenvalue weighted by Gasteiger charge is 2.43. The molecule has 2 aliphatic carbocycles. The predicted octanol–water partition coefficient (Wildman–Crippen LogP) is 4.28. The van der Waals surface area contributed by atoms with Crippen molar-refractivity contribution < 1.29 is 9.53 Å². The Morgan fingerprint density at radius 2 is 2.03 bits per heavy atom. The summed E-state index contributed by atoms with van der Waals surface area (Å²) in [5, 5.41) is 0. The Bertz CT molecular complexity index is 1080. The zero-order chi connectivity index (χ0) is 21.0. The summed E-state index contributed by atoms with van der Waals surface area (Å²) in [5.74, 6) is 0.315. The number of hydrogen-bond donors (Lipinski definition) is 0. The lowest BCUT2D eigenvalue weighted by Gasteiger charge is -2.49. The Morgan fingerprint density at radius 1 is 1.27 bits per heavy atom. The summed E-state index contributed by atoms with van der Waals surface area (Å²) in [5.41, 5.74) is 5.78. The molecule has 0 amide bonds. The average molecular weight is 407 g/mol. The zero-order valence-corrected chi connectivity index (χ0v) is 18.2. The first-order valence-electron chi connectivity index (χ1n) is 11.2. The number of hydrogen-bond acceptors (Lipinski definition) is 4. The molecule has 0 atom stereocenters. The highest BCUT2D eigenvalue weighted by Crippen LogP contribution is 2.49. The number of carbonyl (C=O) groups excluding carboxylic acids is 1. The molecule has 3 aliphatic rings. The number of rotatable bonds is 5. The van der Waals surface area contributed by atoms with Crippen molar-refractivity contribution in [3.63, 3.8) is 0 Å². The number of ether oxygens (including phenoxy) is 1. The lowest BCUT2D eigenvalue weighted by Crippen LogP contribution is -2.46. The molecule has 5 nitrogen and oxygen atoms in total. The molecule has 0 unspecified atom stereocenters. The van der Waals surface area contributed by atoms with E-state index in [1.54, 1.807) is 19.2 Å². The Labute approximate surface area is 177 Å². The van der Waals surface area contributed by atoms with Crippen molar-refractivity contribution in [1.29, 1.82) is 0 Å². The maximum Gasteiger partial charge on any atom is 0.343 e. The van der Waals surface area contributed by atoms with Gasteiger partial charge in [-0.3, -0.25) is 4.79 Å². The third-order valence-corrected chi connectivity index (χ3v) is 7.20. The Kier molecular flexibility index (Phi) is 4.53. The van der Waals surface area contributed by atoms with E-state index in [-0.39, 0.29) is 23.1 Å². The SMILES string of the molecule is CCOC(=O)c1cn2c(cc1=O)-c1cc(C)c(N(C)CC3CC3)cc1CC21CCC1. The molecule has 0 N–H and O–H groups in total. The first-order valence-corrected chi connectivity index (χ1v) is 11.2. The minimum atomic E-state index is -0.522. The Morgan fingerprint density at radius 3 is 2.67 bits per heavy atom. The number of esters is 1. The van der Waals surface area contributed by atoms with Crippen LogP contribution < -0.4 is 10.3 Å². The largest absolute Gasteiger partial charge is 0.462 e. The van der Waals surface area contributed by atoms with Crippen molar-refractivity contribution >= 4 is 11.7 Å². The van der Waals surface area contributed by atoms with Crippen LogP contribution in [0.3, 0.4) is 0 Å². The van der Waals surface area contributed by atoms with Gasteiger partial charge in [0.2, 0.25) is 0 Å². The molecule has 2 heterocycles. The molecule has 1 aromatic heterocycles. The van der Waals surface area contributed by atoms with Gasteiger partial charge < -0.3 is 14.2 Å². The van der Waals surface area contributed by atoms with Crippen molar-refractivity contribution in [1.82, 2.24) is 4.57 Å². The van der Waals surface area contributed by atoms with Gasteiger partial charge in [0, 0.05) is 42.6 Å². The molecule has 1 aromatic carbocycles. The summed E-state index contributed by atoms with van der Waals surface area (Å²) in [4.78, 5) is 27.5. The quantitative estimate of drug-likeness (QED) is 0.696. The first kappa shape index (κ1) is 19.4. The lowest BCUT2D eigenvalue weighted by atomic mass is 9.69. The molecule has 0 radical (unpaired) electrons. The first-order chi connectivity index (χ1) is 14.4. The van der Waals surface area contributed by atoms with E-state index in [4.69, 9.17) is 4.74 Å². The van der Waals surface area contributed by atoms with E-state index < -0.39 is 5.97 Å². The number of nitrogens with zero attached hydrogens (tertiary/aromatic N) is 2. The summed E-state index contributed by atoms with van der Waals surface area (Å²) in [7, 11) is 2.19. The Hall–Kier alpha value is -2.56. The van der Waals surface area contributed by atoms with Gasteiger partial charge in [-0.2, -0.15) is 0 Å². The second-order valence-corrected chi connectivity index (χ2v) is 9.40. The summed E-state index contributed by atoms with van der Waals surface area (Å²) in [6.45, 7) is 5.30. The second kappa shape index (κ2) is 7.00. The number of aromatic nitrogens is 1. The van der Waals surface area contributed by atoms with E-state index in [0.29, 0.717) is 0 Å². The summed E-state index contributed by atoms with van der Waals surface area (Å²) >= 11 is 0. The van der Waals surface area contributed by atoms with Crippen LogP contribution in [0.4, 0.5) is 5.69 Å². The average Bonchev–Trinajstić information content (AvgIpc) is 3.49. The predicted molar refractivity (Wildman–Crippen MR) is 118 cm³/mol. The van der Waals surface area contributed by atoms with Gasteiger partial charge in [-0.25, -0.2) is 4.79 Å². The lowest BCUT2D eigenvalue weighted by molar-refractivity contribution is 0.0521. The van der Waals surface area contributed by atoms with Crippen molar-refractivity contribution in [3.8, 4) is 11.3 Å². The van der Waals surface area contributed by atoms with Crippen LogP contribution >= 0.6 is 0 Å². The molecule has 0 saturated heterocycles. The smallest absolute Gasteiger partial charge is 0.343 e. The van der Waals surface area contributed by atoms with Crippen LogP contribution in [-0.4, -0.2) is 30.7 Å². The molecule has 2 saturated carbocycles. The number of anilines is 1. The molecule has 5 rings (SSSR count). The molecule has 2 fully saturated rings. The van der Waals surface area contributed by atoms with Crippen LogP contribution in [-0.2, 0) is 16.7 Å². The van der Waals surface area contributed by atoms with Crippen LogP contribution in [0.5, 0.6) is 0 Å². The van der Waals surface area contributed by atoms with Crippen molar-refractivity contribution in [2.24, 2.45) is 5.92 Å². The van der Waals surface area contributed by atoms with E-state index in [9.17, 15) is 9.59 Å². The van der Waals surface area contributed by atoms with Crippen molar-refractivity contribution in [2.45, 2.75) is 57.9 Å². The van der Waals surface area contributed by atoms with E-state index in [1.165, 1.54) is 36.1 Å². The molecule has 5 heteroatoms. The van der Waals surface area contributed by atoms with Gasteiger partial charge in [-0.05, 0) is 81.5 Å². The van der Waals surface area contributed by atoms with Gasteiger partial charge in [0.1, 0.15) is 5.56 Å². The molecular weight excluding hydrogens is 376 g/mol. The van der Waals surface area contributed by atoms with Gasteiger partial charge >= 0.3 is 5.97 Å². The molecule has 158 valence electrons. The number of fused-ring (bicyclic) bond motifs is 4. The van der Waals surface area contributed by atoms with Gasteiger partial charge in [0.25, 0.3) is 0 Å². The fourth-order valence-corrected chi connectivity index (χ4v) is 5.26. The molecule has 30 heavy (non-hydrogen) atoms. The van der Waals surface area contributed by atoms with Gasteiger partial charge in [-0.1, -0.05) is 0 Å². The van der Waals surface area contributed by atoms with Crippen molar-refractivity contribution in [3.05, 3.63) is 51.3 Å². The molecular formula is C25H30N2O3. The zero-order valence-electron chi connectivity index (χ0n) is 18.2. The fraction of sp³-hybridized carbons (Fsp3) is 0.520. The van der Waals surface area contributed by atoms with Crippen LogP contribution in [0, 0.1) is 12.8 Å². The standard InChI is InChI=1S/C25H30N2O3/c1-4-30-24(29)20-15-27-22(12-23(20)28)19-10-16(2)21(26(3)14-17-6-7-17)11-18(19)13-25(27)8-5-9-25/h10-12,15,17H,4-9,13-14H2,1-3H3. The fourth-order valence-electron chi connectivity index (χ4n) is 5.26. The molecule has 0 bridgehead atoms. The number of pyridine rings is 1. The summed E-state index contributed by atoms with van der Waals surface area (Å²) in [6.07, 6.45) is 8.73. The third-order valence-electron chi connectivity index (χ3n) is 7.20. The maximum absolute atomic E-state index is 12.8. The number of benzene rings is 1. The monoisotopic (exact) mass is 406 g/mol. The highest BCUT2D eigenvalue weighted by molar-refractivity contribution is 5.89. The van der Waals surface area contributed by atoms with Crippen LogP contribution in [0.1, 0.15) is 60.5 Å². The second-order valence-electron chi connectivity index (χ2n) is 9.40. The van der Waals surface area contributed by atoms with Crippen LogP contribution in [0.15, 0.2) is 29.2 Å². The van der Waals surface area contributed by atoms with Gasteiger partial charge in [0.05, 0.1) is 12.3 Å². The van der Waals surface area contributed by atoms with E-state index >= 15 is 0 Å². The third kappa shape index (κ3) is 3.06. The van der Waals surface area contributed by atoms with E-state index in [0.717, 1.165) is 43.0 Å². The molecule has 1 spiro atoms. The maximum atomic E-state index is 12.8. The normalized spacial score (nSPS) is 18.4. The van der Waals surface area contributed by atoms with E-state index in [1.807, 2.05) is 0 Å². The number of carbonyl (C=O) groups is 1. The molecule has 2 aromatic rings. The van der Waals surface area contributed by atoms with Crippen LogP contribution in [0.25, 0.3) is 11.3 Å². The summed E-state index contributed by atoms with van der Waals surface area (Å²) < 4.78 is 7.34. The molecule has 1 aliphatic heterocycles. The Balaban J connectivity index is 1.62. The van der Waals surface area contributed by atoms with Crippen LogP contribution in [0.2, 0.25) is 0 Å². The minimum absolute atomic E-state index is 0.0289. The number of aryl methyl sites for hydroxylation is 1. The van der Waals surface area contributed by atoms with Crippen molar-refractivity contribution in [2.75, 3.05) is 25.1 Å². The highest BCUT2D eigenvalue weighted by atomic mass is 16.5.